The standard InChI is InChI=1S/C43H81NO3SSi2.CO2/c1-30(25-26-31(2)33(4)27-36-29-48-35(6)44-36)23-22-24-32(3)38(47-50(20,21)42(13,14)15)34(5)39(45)43(16,17)37(28-40(7,8)9)46-49(18,19)41(10,11)12;2-1-3/h25,27,29,31-32,34,37-38H,22-24,26,28H2,1-21H3;/b30-25-,33-27+;. The number of nitrogens with zero attached hydrogens (tertiary/aromatic N) is 1. The highest BCUT2D eigenvalue weighted by Crippen LogP contribution is 2.45. The number of Topliss-reactive ketones (excluding diaryl/α,β-unsaturated/α-hetero) is 1. The smallest absolute Gasteiger partial charge is 0.373 e. The van der Waals surface area contributed by atoms with Crippen LogP contribution in [0.4, 0.5) is 0 Å². The Balaban J connectivity index is 0.00000869. The summed E-state index contributed by atoms with van der Waals surface area (Å²) in [4.78, 5) is 35.7. The van der Waals surface area contributed by atoms with E-state index in [9.17, 15) is 4.79 Å². The van der Waals surface area contributed by atoms with Gasteiger partial charge < -0.3 is 8.85 Å². The van der Waals surface area contributed by atoms with Gasteiger partial charge in [-0.1, -0.05) is 114 Å². The van der Waals surface area contributed by atoms with Crippen molar-refractivity contribution in [1.29, 1.82) is 0 Å². The number of hydrogen-bond donors (Lipinski definition) is 0. The molecule has 53 heavy (non-hydrogen) atoms. The lowest BCUT2D eigenvalue weighted by atomic mass is 9.70. The van der Waals surface area contributed by atoms with Crippen molar-refractivity contribution in [2.75, 3.05) is 0 Å². The second-order valence-electron chi connectivity index (χ2n) is 20.7. The van der Waals surface area contributed by atoms with Gasteiger partial charge in [0.15, 0.2) is 16.6 Å². The molecule has 5 atom stereocenters. The van der Waals surface area contributed by atoms with E-state index in [2.05, 4.69) is 166 Å². The minimum absolute atomic E-state index is 0.0384. The number of aromatic nitrogens is 1. The molecular formula is C44H81NO5SSi2. The molecule has 0 fully saturated rings. The number of carbonyl (C=O) groups excluding carboxylic acids is 3. The molecule has 0 spiro atoms. The molecule has 0 bridgehead atoms. The van der Waals surface area contributed by atoms with E-state index in [-0.39, 0.29) is 51.5 Å². The van der Waals surface area contributed by atoms with Gasteiger partial charge in [-0.15, -0.1) is 11.3 Å². The molecule has 0 aliphatic heterocycles. The molecule has 0 amide bonds. The van der Waals surface area contributed by atoms with Crippen LogP contribution in [0.2, 0.25) is 36.3 Å². The molecule has 5 unspecified atom stereocenters. The Morgan fingerprint density at radius 2 is 1.38 bits per heavy atom. The molecule has 0 aliphatic rings. The van der Waals surface area contributed by atoms with E-state index in [0.29, 0.717) is 5.92 Å². The van der Waals surface area contributed by atoms with Gasteiger partial charge in [0, 0.05) is 16.7 Å². The molecule has 0 saturated carbocycles. The lowest BCUT2D eigenvalue weighted by Gasteiger charge is -2.47. The fourth-order valence-corrected chi connectivity index (χ4v) is 9.49. The quantitative estimate of drug-likeness (QED) is 0.109. The summed E-state index contributed by atoms with van der Waals surface area (Å²) in [5, 5.41) is 3.38. The Bertz CT molecular complexity index is 1380. The number of aryl methyl sites for hydroxylation is 1. The van der Waals surface area contributed by atoms with Crippen molar-refractivity contribution in [3.63, 3.8) is 0 Å². The minimum Gasteiger partial charge on any atom is -0.413 e. The van der Waals surface area contributed by atoms with Crippen molar-refractivity contribution in [2.45, 2.75) is 198 Å². The minimum atomic E-state index is -2.15. The molecule has 1 aromatic rings. The van der Waals surface area contributed by atoms with Crippen molar-refractivity contribution in [2.24, 2.45) is 28.6 Å². The van der Waals surface area contributed by atoms with Gasteiger partial charge in [0.25, 0.3) is 0 Å². The van der Waals surface area contributed by atoms with Crippen LogP contribution in [0.1, 0.15) is 154 Å². The third kappa shape index (κ3) is 17.0. The number of carbonyl (C=O) groups is 1. The summed E-state index contributed by atoms with van der Waals surface area (Å²) in [7, 11) is -4.27. The molecule has 0 N–H and O–H groups in total. The molecule has 0 radical (unpaired) electrons. The maximum absolute atomic E-state index is 14.9. The lowest BCUT2D eigenvalue weighted by Crippen LogP contribution is -2.54. The first kappa shape index (κ1) is 51.5. The summed E-state index contributed by atoms with van der Waals surface area (Å²) in [5.74, 6) is 0.793. The predicted molar refractivity (Wildman–Crippen MR) is 232 cm³/mol. The molecule has 1 rings (SSSR count). The molecule has 9 heteroatoms. The Morgan fingerprint density at radius 3 is 1.81 bits per heavy atom. The van der Waals surface area contributed by atoms with E-state index in [1.54, 1.807) is 11.3 Å². The summed E-state index contributed by atoms with van der Waals surface area (Å²) in [6.45, 7) is 47.5. The van der Waals surface area contributed by atoms with Crippen LogP contribution < -0.4 is 0 Å². The first-order chi connectivity index (χ1) is 23.7. The number of ketones is 1. The number of rotatable bonds is 18. The van der Waals surface area contributed by atoms with Gasteiger partial charge in [0.05, 0.1) is 22.9 Å². The van der Waals surface area contributed by atoms with Crippen molar-refractivity contribution < 1.29 is 23.2 Å². The Labute approximate surface area is 333 Å². The second-order valence-corrected chi connectivity index (χ2v) is 31.2. The topological polar surface area (TPSA) is 82.6 Å². The van der Waals surface area contributed by atoms with Crippen LogP contribution in [0.25, 0.3) is 6.08 Å². The van der Waals surface area contributed by atoms with Crippen LogP contribution in [0.5, 0.6) is 0 Å². The first-order valence-electron chi connectivity index (χ1n) is 19.9. The summed E-state index contributed by atoms with van der Waals surface area (Å²) < 4.78 is 14.4. The summed E-state index contributed by atoms with van der Waals surface area (Å²) in [6.07, 6.45) is 9.71. The van der Waals surface area contributed by atoms with Crippen LogP contribution in [-0.4, -0.2) is 45.8 Å². The van der Waals surface area contributed by atoms with Gasteiger partial charge in [-0.2, -0.15) is 9.59 Å². The maximum Gasteiger partial charge on any atom is 0.373 e. The molecule has 1 aromatic heterocycles. The second kappa shape index (κ2) is 20.6. The number of allylic oxidation sites excluding steroid dienone is 3. The van der Waals surface area contributed by atoms with E-state index in [4.69, 9.17) is 18.4 Å². The lowest BCUT2D eigenvalue weighted by molar-refractivity contribution is -0.191. The van der Waals surface area contributed by atoms with Gasteiger partial charge in [-0.05, 0) is 112 Å². The predicted octanol–water partition coefficient (Wildman–Crippen LogP) is 13.5. The number of hydrogen-bond acceptors (Lipinski definition) is 7. The van der Waals surface area contributed by atoms with Crippen LogP contribution in [0.3, 0.4) is 0 Å². The Kier molecular flexibility index (Phi) is 20.0. The zero-order valence-electron chi connectivity index (χ0n) is 38.1. The van der Waals surface area contributed by atoms with Crippen LogP contribution in [0, 0.1) is 35.5 Å². The molecule has 306 valence electrons. The van der Waals surface area contributed by atoms with Crippen molar-refractivity contribution in [3.8, 4) is 0 Å². The largest absolute Gasteiger partial charge is 0.413 e. The fraction of sp³-hybridized carbons (Fsp3) is 0.795. The zero-order chi connectivity index (χ0) is 42.0. The SMILES string of the molecule is C/C(=C/CC(C)/C(C)=C/c1csc(C)n1)CCCC(C)C(O[Si](C)(C)C(C)(C)C)C(C)C(=O)C(C)(C)C(CC(C)(C)C)O[Si](C)(C)C(C)(C)C.O=C=O. The van der Waals surface area contributed by atoms with E-state index < -0.39 is 22.0 Å². The monoisotopic (exact) mass is 792 g/mol. The van der Waals surface area contributed by atoms with Gasteiger partial charge in [-0.25, -0.2) is 4.98 Å². The zero-order valence-corrected chi connectivity index (χ0v) is 40.9. The molecular weight excluding hydrogens is 711 g/mol. The van der Waals surface area contributed by atoms with Crippen LogP contribution in [-0.2, 0) is 23.2 Å². The van der Waals surface area contributed by atoms with Gasteiger partial charge in [0.1, 0.15) is 5.78 Å². The first-order valence-corrected chi connectivity index (χ1v) is 26.6. The van der Waals surface area contributed by atoms with E-state index >= 15 is 0 Å². The van der Waals surface area contributed by atoms with E-state index in [1.807, 2.05) is 0 Å². The molecule has 0 saturated heterocycles. The van der Waals surface area contributed by atoms with Gasteiger partial charge in [-0.3, -0.25) is 4.79 Å². The summed E-state index contributed by atoms with van der Waals surface area (Å²) >= 11 is 1.71. The Hall–Kier alpha value is -1.49. The van der Waals surface area contributed by atoms with Crippen molar-refractivity contribution >= 4 is 46.0 Å². The van der Waals surface area contributed by atoms with Gasteiger partial charge >= 0.3 is 6.15 Å². The fourth-order valence-electron chi connectivity index (χ4n) is 6.01. The maximum atomic E-state index is 14.9. The Morgan fingerprint density at radius 1 is 0.887 bits per heavy atom. The summed E-state index contributed by atoms with van der Waals surface area (Å²) in [6, 6.07) is 0. The van der Waals surface area contributed by atoms with E-state index in [0.717, 1.165) is 42.8 Å². The number of thiazole rings is 1. The van der Waals surface area contributed by atoms with E-state index in [1.165, 1.54) is 11.1 Å². The average Bonchev–Trinajstić information content (AvgIpc) is 3.39. The average molecular weight is 792 g/mol. The van der Waals surface area contributed by atoms with Crippen LogP contribution >= 0.6 is 11.3 Å². The van der Waals surface area contributed by atoms with Crippen molar-refractivity contribution in [3.05, 3.63) is 33.3 Å². The van der Waals surface area contributed by atoms with Gasteiger partial charge in [0.2, 0.25) is 0 Å². The van der Waals surface area contributed by atoms with Crippen LogP contribution in [0.15, 0.2) is 22.6 Å². The highest BCUT2D eigenvalue weighted by atomic mass is 32.1. The molecule has 0 aromatic carbocycles. The molecule has 1 heterocycles. The normalized spacial score (nSPS) is 16.9. The van der Waals surface area contributed by atoms with Crippen molar-refractivity contribution in [1.82, 2.24) is 4.98 Å². The summed E-state index contributed by atoms with van der Waals surface area (Å²) in [5.41, 5.74) is 3.29. The third-order valence-corrected chi connectivity index (χ3v) is 21.8. The third-order valence-electron chi connectivity index (χ3n) is 12.0. The highest BCUT2D eigenvalue weighted by molar-refractivity contribution is 7.09. The molecule has 6 nitrogen and oxygen atoms in total. The molecule has 0 aliphatic carbocycles. The highest BCUT2D eigenvalue weighted by Gasteiger charge is 2.50.